The van der Waals surface area contributed by atoms with Crippen molar-refractivity contribution in [2.75, 3.05) is 13.1 Å². The van der Waals surface area contributed by atoms with E-state index in [2.05, 4.69) is 11.1 Å². The van der Waals surface area contributed by atoms with Crippen LogP contribution >= 0.6 is 0 Å². The molecular weight excluding hydrogens is 418 g/mol. The van der Waals surface area contributed by atoms with Crippen molar-refractivity contribution < 1.29 is 14.6 Å². The van der Waals surface area contributed by atoms with E-state index in [1.165, 1.54) is 11.1 Å². The predicted molar refractivity (Wildman–Crippen MR) is 122 cm³/mol. The van der Waals surface area contributed by atoms with Crippen molar-refractivity contribution >= 4 is 17.0 Å². The van der Waals surface area contributed by atoms with Gasteiger partial charge in [0.25, 0.3) is 0 Å². The molecule has 0 saturated carbocycles. The molecule has 1 amide bonds. The molecule has 0 unspecified atom stereocenters. The lowest BCUT2D eigenvalue weighted by Gasteiger charge is -2.31. The highest BCUT2D eigenvalue weighted by molar-refractivity contribution is 5.95. The number of ether oxygens (including phenoxy) is 1. The fraction of sp³-hybridized carbons (Fsp3) is 0.200. The summed E-state index contributed by atoms with van der Waals surface area (Å²) in [6.07, 6.45) is 3.83. The molecule has 2 aromatic carbocycles. The number of carbonyl (C=O) groups is 1. The van der Waals surface area contributed by atoms with Gasteiger partial charge in [0.15, 0.2) is 0 Å². The lowest BCUT2D eigenvalue weighted by molar-refractivity contribution is 0.120. The van der Waals surface area contributed by atoms with Crippen LogP contribution in [0.2, 0.25) is 0 Å². The van der Waals surface area contributed by atoms with Gasteiger partial charge in [0.05, 0.1) is 17.1 Å². The van der Waals surface area contributed by atoms with Crippen LogP contribution in [0.4, 0.5) is 4.79 Å². The molecule has 4 aromatic rings. The summed E-state index contributed by atoms with van der Waals surface area (Å²) in [5.41, 5.74) is 2.67. The Kier molecular flexibility index (Phi) is 5.37. The average Bonchev–Trinajstić information content (AvgIpc) is 3.25. The Labute approximate surface area is 190 Å². The lowest BCUT2D eigenvalue weighted by atomic mass is 10.1. The van der Waals surface area contributed by atoms with E-state index in [9.17, 15) is 15.2 Å². The van der Waals surface area contributed by atoms with E-state index in [0.717, 1.165) is 29.5 Å². The van der Waals surface area contributed by atoms with E-state index in [-0.39, 0.29) is 6.04 Å². The van der Waals surface area contributed by atoms with Crippen molar-refractivity contribution in [2.24, 2.45) is 0 Å². The minimum absolute atomic E-state index is 0.152. The van der Waals surface area contributed by atoms with Gasteiger partial charge in [-0.15, -0.1) is 0 Å². The fourth-order valence-electron chi connectivity index (χ4n) is 4.28. The number of pyridine rings is 1. The first-order chi connectivity index (χ1) is 16.1. The largest absolute Gasteiger partial charge is 0.465 e. The topological polar surface area (TPSA) is 104 Å². The standard InChI is InChI=1S/C25H21N5O3/c26-13-18-14-27-15-22-23(17-8-10-21(11-9-17)33-20-6-2-1-3-7-20)28-30(24(18)22)19-5-4-12-29(16-19)25(31)32/h1-3,6-11,14-15,19H,4-5,12,16H2,(H,31,32)/t19-/m1/s1. The van der Waals surface area contributed by atoms with Crippen LogP contribution in [-0.2, 0) is 0 Å². The molecule has 8 nitrogen and oxygen atoms in total. The zero-order valence-corrected chi connectivity index (χ0v) is 17.8. The third-order valence-corrected chi connectivity index (χ3v) is 5.85. The quantitative estimate of drug-likeness (QED) is 0.476. The zero-order valence-electron chi connectivity index (χ0n) is 17.8. The first-order valence-electron chi connectivity index (χ1n) is 10.7. The van der Waals surface area contributed by atoms with Crippen LogP contribution < -0.4 is 4.74 Å². The molecule has 1 fully saturated rings. The van der Waals surface area contributed by atoms with Crippen molar-refractivity contribution in [3.63, 3.8) is 0 Å². The second kappa shape index (κ2) is 8.63. The predicted octanol–water partition coefficient (Wildman–Crippen LogP) is 5.08. The Bertz CT molecular complexity index is 1340. The molecule has 0 spiro atoms. The summed E-state index contributed by atoms with van der Waals surface area (Å²) in [7, 11) is 0. The van der Waals surface area contributed by atoms with Crippen LogP contribution in [0.15, 0.2) is 67.0 Å². The molecule has 0 aliphatic carbocycles. The van der Waals surface area contributed by atoms with Crippen molar-refractivity contribution in [3.8, 4) is 28.8 Å². The maximum atomic E-state index is 11.5. The van der Waals surface area contributed by atoms with Gasteiger partial charge in [-0.3, -0.25) is 9.67 Å². The van der Waals surface area contributed by atoms with Crippen LogP contribution in [0.25, 0.3) is 22.2 Å². The highest BCUT2D eigenvalue weighted by atomic mass is 16.5. The molecule has 1 aliphatic heterocycles. The number of fused-ring (bicyclic) bond motifs is 1. The van der Waals surface area contributed by atoms with Gasteiger partial charge in [0, 0.05) is 36.4 Å². The number of aromatic nitrogens is 3. The first kappa shape index (κ1) is 20.5. The van der Waals surface area contributed by atoms with Crippen LogP contribution in [0.3, 0.4) is 0 Å². The molecule has 1 saturated heterocycles. The monoisotopic (exact) mass is 439 g/mol. The number of likely N-dealkylation sites (tertiary alicyclic amines) is 1. The number of benzene rings is 2. The van der Waals surface area contributed by atoms with Crippen molar-refractivity contribution in [3.05, 3.63) is 72.6 Å². The molecule has 1 atom stereocenters. The van der Waals surface area contributed by atoms with E-state index >= 15 is 0 Å². The maximum absolute atomic E-state index is 11.5. The first-order valence-corrected chi connectivity index (χ1v) is 10.7. The molecule has 1 aliphatic rings. The summed E-state index contributed by atoms with van der Waals surface area (Å²) in [6.45, 7) is 0.843. The maximum Gasteiger partial charge on any atom is 0.407 e. The third kappa shape index (κ3) is 3.96. The molecule has 0 radical (unpaired) electrons. The molecule has 1 N–H and O–H groups in total. The highest BCUT2D eigenvalue weighted by Gasteiger charge is 2.28. The number of hydrogen-bond acceptors (Lipinski definition) is 5. The van der Waals surface area contributed by atoms with Gasteiger partial charge in [-0.05, 0) is 49.2 Å². The van der Waals surface area contributed by atoms with E-state index < -0.39 is 6.09 Å². The Morgan fingerprint density at radius 3 is 2.58 bits per heavy atom. The van der Waals surface area contributed by atoms with Crippen molar-refractivity contribution in [2.45, 2.75) is 18.9 Å². The molecule has 5 rings (SSSR count). The summed E-state index contributed by atoms with van der Waals surface area (Å²) in [5, 5.41) is 24.8. The Morgan fingerprint density at radius 2 is 1.85 bits per heavy atom. The number of nitriles is 1. The second-order valence-electron chi connectivity index (χ2n) is 7.95. The van der Waals surface area contributed by atoms with Gasteiger partial charge in [-0.1, -0.05) is 18.2 Å². The smallest absolute Gasteiger partial charge is 0.407 e. The Morgan fingerprint density at radius 1 is 1.09 bits per heavy atom. The van der Waals surface area contributed by atoms with Crippen molar-refractivity contribution in [1.29, 1.82) is 5.26 Å². The molecule has 2 aromatic heterocycles. The average molecular weight is 439 g/mol. The van der Waals surface area contributed by atoms with Gasteiger partial charge >= 0.3 is 6.09 Å². The fourth-order valence-corrected chi connectivity index (χ4v) is 4.28. The molecule has 0 bridgehead atoms. The highest BCUT2D eigenvalue weighted by Crippen LogP contribution is 2.34. The number of para-hydroxylation sites is 1. The third-order valence-electron chi connectivity index (χ3n) is 5.85. The van der Waals surface area contributed by atoms with E-state index in [0.29, 0.717) is 35.6 Å². The van der Waals surface area contributed by atoms with Crippen LogP contribution in [-0.4, -0.2) is 44.0 Å². The van der Waals surface area contributed by atoms with Crippen LogP contribution in [0, 0.1) is 11.3 Å². The van der Waals surface area contributed by atoms with E-state index in [4.69, 9.17) is 9.84 Å². The number of carboxylic acid groups (broad SMARTS) is 1. The van der Waals surface area contributed by atoms with Gasteiger partial charge in [0.1, 0.15) is 23.3 Å². The molecular formula is C25H21N5O3. The van der Waals surface area contributed by atoms with Crippen LogP contribution in [0.5, 0.6) is 11.5 Å². The number of hydrogen-bond donors (Lipinski definition) is 1. The Balaban J connectivity index is 1.54. The number of rotatable bonds is 4. The van der Waals surface area contributed by atoms with Crippen molar-refractivity contribution in [1.82, 2.24) is 19.7 Å². The van der Waals surface area contributed by atoms with E-state index in [1.54, 1.807) is 6.20 Å². The Hall–Kier alpha value is -4.38. The summed E-state index contributed by atoms with van der Waals surface area (Å²) in [5.74, 6) is 1.46. The second-order valence-corrected chi connectivity index (χ2v) is 7.95. The minimum Gasteiger partial charge on any atom is -0.465 e. The van der Waals surface area contributed by atoms with Gasteiger partial charge in [0.2, 0.25) is 0 Å². The normalized spacial score (nSPS) is 15.8. The zero-order chi connectivity index (χ0) is 22.8. The summed E-state index contributed by atoms with van der Waals surface area (Å²) in [4.78, 5) is 17.2. The number of nitrogens with zero attached hydrogens (tertiary/aromatic N) is 5. The van der Waals surface area contributed by atoms with Crippen LogP contribution in [0.1, 0.15) is 24.4 Å². The molecule has 164 valence electrons. The van der Waals surface area contributed by atoms with Gasteiger partial charge in [-0.25, -0.2) is 4.79 Å². The van der Waals surface area contributed by atoms with Gasteiger partial charge in [-0.2, -0.15) is 10.4 Å². The summed E-state index contributed by atoms with van der Waals surface area (Å²) in [6, 6.07) is 19.2. The molecule has 33 heavy (non-hydrogen) atoms. The summed E-state index contributed by atoms with van der Waals surface area (Å²) < 4.78 is 7.70. The lowest BCUT2D eigenvalue weighted by Crippen LogP contribution is -2.40. The number of amides is 1. The summed E-state index contributed by atoms with van der Waals surface area (Å²) >= 11 is 0. The van der Waals surface area contributed by atoms with E-state index in [1.807, 2.05) is 59.3 Å². The molecule has 8 heteroatoms. The molecule has 3 heterocycles. The number of piperidine rings is 1. The van der Waals surface area contributed by atoms with Gasteiger partial charge < -0.3 is 14.7 Å². The minimum atomic E-state index is -0.937. The SMILES string of the molecule is N#Cc1cncc2c(-c3ccc(Oc4ccccc4)cc3)nn([C@@H]3CCCN(C(=O)O)C3)c12.